The zero-order chi connectivity index (χ0) is 25.1. The first-order chi connectivity index (χ1) is 16.8. The Labute approximate surface area is 206 Å². The number of carbonyl (C=O) groups excluding carboxylic acids is 2. The average Bonchev–Trinajstić information content (AvgIpc) is 2.85. The second kappa shape index (κ2) is 10.0. The van der Waals surface area contributed by atoms with Crippen LogP contribution in [0.15, 0.2) is 71.5 Å². The van der Waals surface area contributed by atoms with Gasteiger partial charge in [-0.3, -0.25) is 9.59 Å². The van der Waals surface area contributed by atoms with Crippen LogP contribution in [0.4, 0.5) is 5.69 Å². The van der Waals surface area contributed by atoms with Crippen molar-refractivity contribution in [3.8, 4) is 16.9 Å². The van der Waals surface area contributed by atoms with E-state index in [4.69, 9.17) is 21.1 Å². The minimum atomic E-state index is -0.792. The molecule has 0 aliphatic heterocycles. The topological polar surface area (TPSA) is 86.6 Å². The highest BCUT2D eigenvalue weighted by molar-refractivity contribution is 6.31. The molecule has 0 saturated heterocycles. The van der Waals surface area contributed by atoms with Crippen LogP contribution in [-0.4, -0.2) is 30.2 Å². The lowest BCUT2D eigenvalue weighted by Gasteiger charge is -2.17. The zero-order valence-electron chi connectivity index (χ0n) is 19.4. The van der Waals surface area contributed by atoms with Crippen molar-refractivity contribution in [1.29, 1.82) is 0 Å². The lowest BCUT2D eigenvalue weighted by Crippen LogP contribution is -2.28. The maximum Gasteiger partial charge on any atom is 0.356 e. The number of aryl methyl sites for hydroxylation is 1. The molecule has 1 amide bonds. The van der Waals surface area contributed by atoms with E-state index in [9.17, 15) is 14.4 Å². The number of esters is 1. The number of pyridine rings is 1. The van der Waals surface area contributed by atoms with Crippen LogP contribution in [0.3, 0.4) is 0 Å². The van der Waals surface area contributed by atoms with Crippen LogP contribution >= 0.6 is 11.6 Å². The second-order valence-corrected chi connectivity index (χ2v) is 8.40. The molecule has 1 N–H and O–H groups in total. The van der Waals surface area contributed by atoms with Crippen LogP contribution in [0.25, 0.3) is 21.9 Å². The number of nitrogens with zero attached hydrogens (tertiary/aromatic N) is 1. The van der Waals surface area contributed by atoms with Crippen LogP contribution in [0, 0.1) is 6.92 Å². The van der Waals surface area contributed by atoms with Crippen molar-refractivity contribution >= 4 is 39.9 Å². The summed E-state index contributed by atoms with van der Waals surface area (Å²) in [6.07, 6.45) is 0. The molecule has 4 rings (SSSR count). The van der Waals surface area contributed by atoms with Crippen molar-refractivity contribution in [3.05, 3.63) is 93.4 Å². The first kappa shape index (κ1) is 24.0. The molecule has 0 radical (unpaired) electrons. The van der Waals surface area contributed by atoms with Crippen molar-refractivity contribution in [1.82, 2.24) is 4.57 Å². The number of carbonyl (C=O) groups is 2. The number of benzene rings is 3. The van der Waals surface area contributed by atoms with Gasteiger partial charge in [0.15, 0.2) is 6.61 Å². The fourth-order valence-electron chi connectivity index (χ4n) is 3.88. The van der Waals surface area contributed by atoms with Gasteiger partial charge in [-0.1, -0.05) is 59.6 Å². The molecule has 0 aliphatic rings. The summed E-state index contributed by atoms with van der Waals surface area (Å²) in [6, 6.07) is 19.5. The third-order valence-corrected chi connectivity index (χ3v) is 5.84. The van der Waals surface area contributed by atoms with E-state index in [0.29, 0.717) is 32.8 Å². The Morgan fingerprint density at radius 3 is 2.37 bits per heavy atom. The molecule has 0 atom stereocenters. The van der Waals surface area contributed by atoms with Gasteiger partial charge in [0.1, 0.15) is 11.4 Å². The number of hydrogen-bond donors (Lipinski definition) is 1. The highest BCUT2D eigenvalue weighted by Gasteiger charge is 2.23. The molecule has 0 unspecified atom stereocenters. The van der Waals surface area contributed by atoms with Crippen LogP contribution in [0.1, 0.15) is 16.1 Å². The summed E-state index contributed by atoms with van der Waals surface area (Å²) < 4.78 is 11.8. The maximum atomic E-state index is 13.2. The second-order valence-electron chi connectivity index (χ2n) is 7.97. The third-order valence-electron chi connectivity index (χ3n) is 5.61. The predicted molar refractivity (Wildman–Crippen MR) is 136 cm³/mol. The number of aromatic nitrogens is 1. The first-order valence-corrected chi connectivity index (χ1v) is 11.2. The molecule has 1 heterocycles. The van der Waals surface area contributed by atoms with Gasteiger partial charge in [0.2, 0.25) is 0 Å². The Morgan fingerprint density at radius 2 is 1.69 bits per heavy atom. The van der Waals surface area contributed by atoms with Crippen LogP contribution in [0.2, 0.25) is 5.02 Å². The van der Waals surface area contributed by atoms with Gasteiger partial charge in [-0.25, -0.2) is 4.79 Å². The van der Waals surface area contributed by atoms with Crippen molar-refractivity contribution in [3.63, 3.8) is 0 Å². The highest BCUT2D eigenvalue weighted by Crippen LogP contribution is 2.31. The minimum Gasteiger partial charge on any atom is -0.495 e. The molecule has 4 aromatic rings. The van der Waals surface area contributed by atoms with Gasteiger partial charge in [-0.15, -0.1) is 0 Å². The van der Waals surface area contributed by atoms with Crippen LogP contribution in [-0.2, 0) is 16.6 Å². The Balaban J connectivity index is 1.68. The number of hydrogen-bond acceptors (Lipinski definition) is 5. The standard InChI is InChI=1S/C27H23ClN2O5/c1-16-8-10-17(11-9-16)24-19-6-4-5-7-20(19)26(32)30(2)25(24)27(33)35-15-23(31)29-21-14-18(28)12-13-22(21)34-3/h4-14H,15H2,1-3H3,(H,29,31). The fourth-order valence-corrected chi connectivity index (χ4v) is 4.05. The van der Waals surface area contributed by atoms with Crippen molar-refractivity contribution in [2.45, 2.75) is 6.92 Å². The van der Waals surface area contributed by atoms with Gasteiger partial charge < -0.3 is 19.4 Å². The van der Waals surface area contributed by atoms with Gasteiger partial charge in [0.05, 0.1) is 12.8 Å². The fraction of sp³-hybridized carbons (Fsp3) is 0.148. The molecule has 1 aromatic heterocycles. The molecule has 35 heavy (non-hydrogen) atoms. The molecule has 7 nitrogen and oxygen atoms in total. The van der Waals surface area contributed by atoms with Gasteiger partial charge in [-0.2, -0.15) is 0 Å². The SMILES string of the molecule is COc1ccc(Cl)cc1NC(=O)COC(=O)c1c(-c2ccc(C)cc2)c2ccccc2c(=O)n1C. The smallest absolute Gasteiger partial charge is 0.356 e. The van der Waals surface area contributed by atoms with Crippen molar-refractivity contribution < 1.29 is 19.1 Å². The third kappa shape index (κ3) is 4.90. The molecule has 0 spiro atoms. The molecule has 0 fully saturated rings. The van der Waals surface area contributed by atoms with E-state index in [-0.39, 0.29) is 11.3 Å². The van der Waals surface area contributed by atoms with E-state index in [0.717, 1.165) is 11.1 Å². The number of fused-ring (bicyclic) bond motifs is 1. The van der Waals surface area contributed by atoms with E-state index in [2.05, 4.69) is 5.32 Å². The van der Waals surface area contributed by atoms with Crippen molar-refractivity contribution in [2.24, 2.45) is 7.05 Å². The largest absolute Gasteiger partial charge is 0.495 e. The molecular weight excluding hydrogens is 468 g/mol. The van der Waals surface area contributed by atoms with E-state index >= 15 is 0 Å². The number of methoxy groups -OCH3 is 1. The Morgan fingerprint density at radius 1 is 1.00 bits per heavy atom. The zero-order valence-corrected chi connectivity index (χ0v) is 20.2. The molecule has 0 saturated carbocycles. The quantitative estimate of drug-likeness (QED) is 0.385. The minimum absolute atomic E-state index is 0.0608. The average molecular weight is 491 g/mol. The summed E-state index contributed by atoms with van der Waals surface area (Å²) in [5, 5.41) is 4.14. The summed E-state index contributed by atoms with van der Waals surface area (Å²) in [5.74, 6) is -0.964. The lowest BCUT2D eigenvalue weighted by atomic mass is 9.96. The summed E-state index contributed by atoms with van der Waals surface area (Å²) in [7, 11) is 2.98. The summed E-state index contributed by atoms with van der Waals surface area (Å²) in [5.41, 5.74) is 2.44. The van der Waals surface area contributed by atoms with Gasteiger partial charge in [0, 0.05) is 23.0 Å². The molecule has 3 aromatic carbocycles. The predicted octanol–water partition coefficient (Wildman–Crippen LogP) is 4.97. The van der Waals surface area contributed by atoms with E-state index in [1.807, 2.05) is 31.2 Å². The Hall–Kier alpha value is -4.10. The first-order valence-electron chi connectivity index (χ1n) is 10.8. The highest BCUT2D eigenvalue weighted by atomic mass is 35.5. The summed E-state index contributed by atoms with van der Waals surface area (Å²) in [4.78, 5) is 38.8. The van der Waals surface area contributed by atoms with Gasteiger partial charge >= 0.3 is 5.97 Å². The normalized spacial score (nSPS) is 10.7. The number of ether oxygens (including phenoxy) is 2. The van der Waals surface area contributed by atoms with Crippen LogP contribution in [0.5, 0.6) is 5.75 Å². The van der Waals surface area contributed by atoms with E-state index in [1.165, 1.54) is 24.8 Å². The Kier molecular flexibility index (Phi) is 6.89. The molecular formula is C27H23ClN2O5. The van der Waals surface area contributed by atoms with Gasteiger partial charge in [0.25, 0.3) is 11.5 Å². The van der Waals surface area contributed by atoms with Crippen molar-refractivity contribution in [2.75, 3.05) is 19.0 Å². The van der Waals surface area contributed by atoms with Crippen LogP contribution < -0.4 is 15.6 Å². The Bertz CT molecular complexity index is 1490. The lowest BCUT2D eigenvalue weighted by molar-refractivity contribution is -0.119. The number of amides is 1. The summed E-state index contributed by atoms with van der Waals surface area (Å²) in [6.45, 7) is 1.40. The molecule has 8 heteroatoms. The monoisotopic (exact) mass is 490 g/mol. The van der Waals surface area contributed by atoms with Gasteiger partial charge in [-0.05, 0) is 42.1 Å². The molecule has 0 bridgehead atoms. The number of rotatable bonds is 6. The number of halogens is 1. The van der Waals surface area contributed by atoms with E-state index in [1.54, 1.807) is 36.4 Å². The number of nitrogens with one attached hydrogen (secondary N) is 1. The van der Waals surface area contributed by atoms with E-state index < -0.39 is 18.5 Å². The maximum absolute atomic E-state index is 13.2. The number of anilines is 1. The summed E-state index contributed by atoms with van der Waals surface area (Å²) >= 11 is 6.01. The molecule has 0 aliphatic carbocycles. The molecule has 178 valence electrons.